The maximum absolute atomic E-state index is 10.6. The molecule has 1 rings (SSSR count). The van der Waals surface area contributed by atoms with Crippen molar-refractivity contribution in [3.63, 3.8) is 0 Å². The van der Waals surface area contributed by atoms with Crippen molar-refractivity contribution in [1.82, 2.24) is 0 Å². The molecular weight excluding hydrogens is 214 g/mol. The van der Waals surface area contributed by atoms with E-state index in [0.717, 1.165) is 0 Å². The maximum Gasteiger partial charge on any atom is 0.200 e. The highest BCUT2D eigenvalue weighted by Crippen LogP contribution is 2.36. The molecule has 0 unspecified atom stereocenters. The Morgan fingerprint density at radius 1 is 1.56 bits per heavy atom. The Balaban J connectivity index is 3.05. The summed E-state index contributed by atoms with van der Waals surface area (Å²) in [7, 11) is 1.35. The van der Waals surface area contributed by atoms with Gasteiger partial charge in [-0.3, -0.25) is 4.79 Å². The van der Waals surface area contributed by atoms with Gasteiger partial charge < -0.3 is 14.6 Å². The van der Waals surface area contributed by atoms with Gasteiger partial charge in [-0.25, -0.2) is 0 Å². The van der Waals surface area contributed by atoms with E-state index in [1.54, 1.807) is 0 Å². The highest BCUT2D eigenvalue weighted by molar-refractivity contribution is 5.78. The molecule has 7 heteroatoms. The standard InChI is InChI=1S/C9H9N3O4/c1-15-7-2-6(4-13)3-8(9(7)14)16-5-11-12-10/h2-4,14H,5H2,1H3. The number of phenols is 1. The summed E-state index contributed by atoms with van der Waals surface area (Å²) in [5.41, 5.74) is 8.33. The van der Waals surface area contributed by atoms with Gasteiger partial charge in [0.25, 0.3) is 0 Å². The van der Waals surface area contributed by atoms with Crippen LogP contribution in [0.4, 0.5) is 0 Å². The molecule has 0 atom stereocenters. The summed E-state index contributed by atoms with van der Waals surface area (Å²) in [5.74, 6) is -0.115. The quantitative estimate of drug-likeness (QED) is 0.356. The zero-order valence-corrected chi connectivity index (χ0v) is 8.45. The van der Waals surface area contributed by atoms with Gasteiger partial charge in [0.2, 0.25) is 5.75 Å². The van der Waals surface area contributed by atoms with E-state index in [1.807, 2.05) is 0 Å². The van der Waals surface area contributed by atoms with Crippen molar-refractivity contribution >= 4 is 6.29 Å². The predicted molar refractivity (Wildman–Crippen MR) is 54.7 cm³/mol. The highest BCUT2D eigenvalue weighted by atomic mass is 16.5. The number of azide groups is 1. The molecule has 7 nitrogen and oxygen atoms in total. The summed E-state index contributed by atoms with van der Waals surface area (Å²) in [6, 6.07) is 2.68. The number of rotatable bonds is 5. The number of benzene rings is 1. The first-order valence-corrected chi connectivity index (χ1v) is 4.22. The fourth-order valence-corrected chi connectivity index (χ4v) is 1.06. The fourth-order valence-electron chi connectivity index (χ4n) is 1.06. The minimum absolute atomic E-state index is 0.0221. The minimum atomic E-state index is -0.282. The zero-order chi connectivity index (χ0) is 12.0. The summed E-state index contributed by atoms with van der Waals surface area (Å²) in [6.45, 7) is -0.282. The van der Waals surface area contributed by atoms with Gasteiger partial charge in [-0.1, -0.05) is 5.11 Å². The molecule has 1 aromatic rings. The smallest absolute Gasteiger partial charge is 0.200 e. The molecule has 0 aromatic heterocycles. The van der Waals surface area contributed by atoms with Gasteiger partial charge in [0, 0.05) is 10.5 Å². The number of aldehydes is 1. The van der Waals surface area contributed by atoms with Gasteiger partial charge in [-0.05, 0) is 17.7 Å². The first kappa shape index (κ1) is 11.7. The van der Waals surface area contributed by atoms with Crippen LogP contribution in [-0.4, -0.2) is 25.2 Å². The molecule has 1 aromatic carbocycles. The average Bonchev–Trinajstić information content (AvgIpc) is 2.31. The summed E-state index contributed by atoms with van der Waals surface area (Å²) in [4.78, 5) is 13.1. The Bertz CT molecular complexity index is 441. The van der Waals surface area contributed by atoms with E-state index < -0.39 is 0 Å². The Labute approximate surface area is 90.8 Å². The molecule has 0 heterocycles. The van der Waals surface area contributed by atoms with E-state index in [9.17, 15) is 9.90 Å². The molecule has 0 radical (unpaired) electrons. The zero-order valence-electron chi connectivity index (χ0n) is 8.45. The van der Waals surface area contributed by atoms with Crippen LogP contribution in [0.5, 0.6) is 17.2 Å². The number of hydrogen-bond donors (Lipinski definition) is 1. The van der Waals surface area contributed by atoms with E-state index in [1.165, 1.54) is 19.2 Å². The lowest BCUT2D eigenvalue weighted by molar-refractivity contribution is 0.112. The normalized spacial score (nSPS) is 9.06. The lowest BCUT2D eigenvalue weighted by atomic mass is 10.2. The van der Waals surface area contributed by atoms with Crippen LogP contribution in [0.1, 0.15) is 10.4 Å². The van der Waals surface area contributed by atoms with Crippen molar-refractivity contribution in [1.29, 1.82) is 0 Å². The SMILES string of the molecule is COc1cc(C=O)cc(OCN=[N+]=[N-])c1O. The number of methoxy groups -OCH3 is 1. The number of ether oxygens (including phenoxy) is 2. The second kappa shape index (κ2) is 5.47. The molecule has 0 saturated heterocycles. The van der Waals surface area contributed by atoms with Gasteiger partial charge in [0.05, 0.1) is 7.11 Å². The van der Waals surface area contributed by atoms with Crippen molar-refractivity contribution in [2.75, 3.05) is 13.8 Å². The Morgan fingerprint density at radius 3 is 2.81 bits per heavy atom. The van der Waals surface area contributed by atoms with E-state index in [2.05, 4.69) is 10.0 Å². The minimum Gasteiger partial charge on any atom is -0.502 e. The molecule has 16 heavy (non-hydrogen) atoms. The van der Waals surface area contributed by atoms with Crippen LogP contribution in [0, 0.1) is 0 Å². The summed E-state index contributed by atoms with van der Waals surface area (Å²) < 4.78 is 9.79. The van der Waals surface area contributed by atoms with Gasteiger partial charge in [-0.2, -0.15) is 0 Å². The highest BCUT2D eigenvalue weighted by Gasteiger charge is 2.11. The van der Waals surface area contributed by atoms with E-state index in [4.69, 9.17) is 15.0 Å². The van der Waals surface area contributed by atoms with E-state index in [0.29, 0.717) is 6.29 Å². The number of carbonyl (C=O) groups excluding carboxylic acids is 1. The number of nitrogens with zero attached hydrogens (tertiary/aromatic N) is 3. The molecule has 0 fully saturated rings. The van der Waals surface area contributed by atoms with E-state index >= 15 is 0 Å². The van der Waals surface area contributed by atoms with E-state index in [-0.39, 0.29) is 29.5 Å². The molecule has 84 valence electrons. The monoisotopic (exact) mass is 223 g/mol. The van der Waals surface area contributed by atoms with Gasteiger partial charge in [0.15, 0.2) is 18.2 Å². The number of carbonyl (C=O) groups is 1. The van der Waals surface area contributed by atoms with Crippen molar-refractivity contribution < 1.29 is 19.4 Å². The number of aromatic hydroxyl groups is 1. The molecule has 1 N–H and O–H groups in total. The third kappa shape index (κ3) is 2.55. The van der Waals surface area contributed by atoms with Crippen LogP contribution in [0.25, 0.3) is 10.4 Å². The molecule has 0 aliphatic carbocycles. The fraction of sp³-hybridized carbons (Fsp3) is 0.222. The third-order valence-corrected chi connectivity index (χ3v) is 1.76. The molecule has 0 saturated carbocycles. The largest absolute Gasteiger partial charge is 0.502 e. The van der Waals surface area contributed by atoms with Crippen LogP contribution < -0.4 is 9.47 Å². The molecule has 0 amide bonds. The summed E-state index contributed by atoms with van der Waals surface area (Å²) >= 11 is 0. The second-order valence-electron chi connectivity index (χ2n) is 2.69. The summed E-state index contributed by atoms with van der Waals surface area (Å²) in [5, 5.41) is 12.7. The van der Waals surface area contributed by atoms with Crippen molar-refractivity contribution in [2.45, 2.75) is 0 Å². The molecule has 0 spiro atoms. The summed E-state index contributed by atoms with van der Waals surface area (Å²) in [6.07, 6.45) is 0.586. The molecule has 0 bridgehead atoms. The van der Waals surface area contributed by atoms with Crippen molar-refractivity contribution in [3.8, 4) is 17.2 Å². The number of phenolic OH excluding ortho intramolecular Hbond substituents is 1. The van der Waals surface area contributed by atoms with Crippen LogP contribution >= 0.6 is 0 Å². The van der Waals surface area contributed by atoms with Crippen molar-refractivity contribution in [2.24, 2.45) is 5.11 Å². The number of hydrogen-bond acceptors (Lipinski definition) is 5. The van der Waals surface area contributed by atoms with Gasteiger partial charge >= 0.3 is 0 Å². The van der Waals surface area contributed by atoms with Gasteiger partial charge in [0.1, 0.15) is 6.29 Å². The third-order valence-electron chi connectivity index (χ3n) is 1.76. The van der Waals surface area contributed by atoms with Crippen LogP contribution in [0.2, 0.25) is 0 Å². The second-order valence-corrected chi connectivity index (χ2v) is 2.69. The first-order valence-electron chi connectivity index (χ1n) is 4.22. The Hall–Kier alpha value is -2.40. The average molecular weight is 223 g/mol. The van der Waals surface area contributed by atoms with Crippen LogP contribution in [0.15, 0.2) is 17.2 Å². The van der Waals surface area contributed by atoms with Crippen molar-refractivity contribution in [3.05, 3.63) is 28.1 Å². The lowest BCUT2D eigenvalue weighted by Crippen LogP contribution is -1.96. The Kier molecular flexibility index (Phi) is 3.99. The maximum atomic E-state index is 10.6. The van der Waals surface area contributed by atoms with Crippen LogP contribution in [-0.2, 0) is 0 Å². The van der Waals surface area contributed by atoms with Gasteiger partial charge in [-0.15, -0.1) is 0 Å². The predicted octanol–water partition coefficient (Wildman–Crippen LogP) is 1.86. The molecule has 0 aliphatic rings. The first-order chi connectivity index (χ1) is 7.72. The molecular formula is C9H9N3O4. The molecule has 0 aliphatic heterocycles. The topological polar surface area (TPSA) is 105 Å². The Morgan fingerprint density at radius 2 is 2.25 bits per heavy atom. The van der Waals surface area contributed by atoms with Crippen LogP contribution in [0.3, 0.4) is 0 Å². The lowest BCUT2D eigenvalue weighted by Gasteiger charge is -2.09.